The third-order valence-electron chi connectivity index (χ3n) is 2.64. The zero-order valence-electron chi connectivity index (χ0n) is 12.0. The number of hydrogen-bond acceptors (Lipinski definition) is 3. The monoisotopic (exact) mass is 285 g/mol. The summed E-state index contributed by atoms with van der Waals surface area (Å²) in [5.74, 6) is 2.25. The van der Waals surface area contributed by atoms with Crippen molar-refractivity contribution < 1.29 is 9.13 Å². The van der Waals surface area contributed by atoms with Crippen molar-refractivity contribution in [3.05, 3.63) is 29.6 Å². The maximum atomic E-state index is 13.3. The van der Waals surface area contributed by atoms with Crippen LogP contribution in [0.25, 0.3) is 0 Å². The number of ether oxygens (including phenoxy) is 1. The first kappa shape index (κ1) is 16.3. The highest BCUT2D eigenvalue weighted by Gasteiger charge is 2.06. The van der Waals surface area contributed by atoms with Crippen LogP contribution in [0.2, 0.25) is 0 Å². The fourth-order valence-electron chi connectivity index (χ4n) is 1.71. The molecule has 0 unspecified atom stereocenters. The average molecular weight is 285 g/mol. The molecule has 0 aliphatic carbocycles. The standard InChI is InChI=1S/C15H24FNOS/c1-12(2)10-17-11-13-9-14(16)5-6-15(13)18-7-4-8-19-3/h5-6,9,12,17H,4,7-8,10-11H2,1-3H3. The van der Waals surface area contributed by atoms with E-state index < -0.39 is 0 Å². The smallest absolute Gasteiger partial charge is 0.123 e. The van der Waals surface area contributed by atoms with Crippen LogP contribution in [0.5, 0.6) is 5.75 Å². The van der Waals surface area contributed by atoms with E-state index in [-0.39, 0.29) is 5.82 Å². The highest BCUT2D eigenvalue weighted by Crippen LogP contribution is 2.20. The molecule has 1 rings (SSSR count). The maximum Gasteiger partial charge on any atom is 0.123 e. The van der Waals surface area contributed by atoms with Gasteiger partial charge in [0.1, 0.15) is 11.6 Å². The molecular formula is C15H24FNOS. The summed E-state index contributed by atoms with van der Waals surface area (Å²) in [6.07, 6.45) is 3.09. The zero-order valence-corrected chi connectivity index (χ0v) is 12.9. The van der Waals surface area contributed by atoms with E-state index in [0.717, 1.165) is 30.0 Å². The van der Waals surface area contributed by atoms with E-state index in [4.69, 9.17) is 4.74 Å². The van der Waals surface area contributed by atoms with E-state index in [1.165, 1.54) is 6.07 Å². The molecule has 0 amide bonds. The van der Waals surface area contributed by atoms with Gasteiger partial charge < -0.3 is 10.1 Å². The van der Waals surface area contributed by atoms with Crippen LogP contribution < -0.4 is 10.1 Å². The molecular weight excluding hydrogens is 261 g/mol. The van der Waals surface area contributed by atoms with Crippen molar-refractivity contribution >= 4 is 11.8 Å². The topological polar surface area (TPSA) is 21.3 Å². The molecule has 0 saturated heterocycles. The van der Waals surface area contributed by atoms with E-state index >= 15 is 0 Å². The molecule has 0 fully saturated rings. The Bertz CT molecular complexity index is 371. The molecule has 0 bridgehead atoms. The second-order valence-electron chi connectivity index (χ2n) is 4.97. The molecule has 0 radical (unpaired) electrons. The van der Waals surface area contributed by atoms with Gasteiger partial charge in [-0.15, -0.1) is 0 Å². The van der Waals surface area contributed by atoms with Gasteiger partial charge in [-0.05, 0) is 49.1 Å². The first-order valence-electron chi connectivity index (χ1n) is 6.74. The van der Waals surface area contributed by atoms with Gasteiger partial charge in [0.25, 0.3) is 0 Å². The number of hydrogen-bond donors (Lipinski definition) is 1. The third kappa shape index (κ3) is 6.83. The van der Waals surface area contributed by atoms with Gasteiger partial charge in [0.05, 0.1) is 6.61 Å². The Kier molecular flexibility index (Phi) is 7.91. The Hall–Kier alpha value is -0.740. The molecule has 0 spiro atoms. The SMILES string of the molecule is CSCCCOc1ccc(F)cc1CNCC(C)C. The fourth-order valence-corrected chi connectivity index (χ4v) is 2.11. The molecule has 1 aromatic rings. The summed E-state index contributed by atoms with van der Waals surface area (Å²) in [5.41, 5.74) is 0.893. The molecule has 1 aromatic carbocycles. The fraction of sp³-hybridized carbons (Fsp3) is 0.600. The lowest BCUT2D eigenvalue weighted by atomic mass is 10.1. The predicted molar refractivity (Wildman–Crippen MR) is 81.4 cm³/mol. The lowest BCUT2D eigenvalue weighted by Gasteiger charge is -2.13. The minimum absolute atomic E-state index is 0.210. The van der Waals surface area contributed by atoms with Crippen LogP contribution in [0.15, 0.2) is 18.2 Å². The average Bonchev–Trinajstić information content (AvgIpc) is 2.36. The van der Waals surface area contributed by atoms with Crippen molar-refractivity contribution in [2.75, 3.05) is 25.2 Å². The van der Waals surface area contributed by atoms with Gasteiger partial charge in [-0.25, -0.2) is 4.39 Å². The molecule has 0 aromatic heterocycles. The summed E-state index contributed by atoms with van der Waals surface area (Å²) in [6, 6.07) is 4.73. The van der Waals surface area contributed by atoms with E-state index in [1.54, 1.807) is 12.1 Å². The second kappa shape index (κ2) is 9.21. The van der Waals surface area contributed by atoms with Gasteiger partial charge in [0.15, 0.2) is 0 Å². The highest BCUT2D eigenvalue weighted by atomic mass is 32.2. The van der Waals surface area contributed by atoms with Gasteiger partial charge in [0, 0.05) is 12.1 Å². The number of nitrogens with one attached hydrogen (secondary N) is 1. The normalized spacial score (nSPS) is 11.0. The Balaban J connectivity index is 2.53. The lowest BCUT2D eigenvalue weighted by molar-refractivity contribution is 0.313. The van der Waals surface area contributed by atoms with Crippen molar-refractivity contribution in [3.63, 3.8) is 0 Å². The second-order valence-corrected chi connectivity index (χ2v) is 5.96. The van der Waals surface area contributed by atoms with Gasteiger partial charge in [-0.3, -0.25) is 0 Å². The van der Waals surface area contributed by atoms with Crippen molar-refractivity contribution in [2.45, 2.75) is 26.8 Å². The predicted octanol–water partition coefficient (Wildman–Crippen LogP) is 3.70. The number of benzene rings is 1. The molecule has 1 N–H and O–H groups in total. The van der Waals surface area contributed by atoms with E-state index in [0.29, 0.717) is 19.1 Å². The van der Waals surface area contributed by atoms with Gasteiger partial charge in [-0.2, -0.15) is 11.8 Å². The van der Waals surface area contributed by atoms with Gasteiger partial charge in [0.2, 0.25) is 0 Å². The van der Waals surface area contributed by atoms with E-state index in [9.17, 15) is 4.39 Å². The maximum absolute atomic E-state index is 13.3. The Morgan fingerprint density at radius 2 is 2.16 bits per heavy atom. The molecule has 2 nitrogen and oxygen atoms in total. The van der Waals surface area contributed by atoms with Crippen LogP contribution in [0, 0.1) is 11.7 Å². The zero-order chi connectivity index (χ0) is 14.1. The largest absolute Gasteiger partial charge is 0.493 e. The van der Waals surface area contributed by atoms with Crippen LogP contribution >= 0.6 is 11.8 Å². The Morgan fingerprint density at radius 1 is 1.37 bits per heavy atom. The summed E-state index contributed by atoms with van der Waals surface area (Å²) < 4.78 is 19.0. The first-order chi connectivity index (χ1) is 9.13. The van der Waals surface area contributed by atoms with Crippen LogP contribution in [0.3, 0.4) is 0 Å². The highest BCUT2D eigenvalue weighted by molar-refractivity contribution is 7.98. The molecule has 0 saturated carbocycles. The van der Waals surface area contributed by atoms with Crippen molar-refractivity contribution in [2.24, 2.45) is 5.92 Å². The van der Waals surface area contributed by atoms with Gasteiger partial charge >= 0.3 is 0 Å². The van der Waals surface area contributed by atoms with Crippen LogP contribution in [0.1, 0.15) is 25.8 Å². The molecule has 0 heterocycles. The molecule has 0 atom stereocenters. The first-order valence-corrected chi connectivity index (χ1v) is 8.13. The van der Waals surface area contributed by atoms with Crippen LogP contribution in [0.4, 0.5) is 4.39 Å². The summed E-state index contributed by atoms with van der Waals surface area (Å²) in [6.45, 7) is 6.55. The van der Waals surface area contributed by atoms with Crippen LogP contribution in [-0.2, 0) is 6.54 Å². The van der Waals surface area contributed by atoms with E-state index in [1.807, 2.05) is 11.8 Å². The quantitative estimate of drug-likeness (QED) is 0.699. The van der Waals surface area contributed by atoms with Crippen LogP contribution in [-0.4, -0.2) is 25.2 Å². The summed E-state index contributed by atoms with van der Waals surface area (Å²) in [7, 11) is 0. The summed E-state index contributed by atoms with van der Waals surface area (Å²) >= 11 is 1.81. The van der Waals surface area contributed by atoms with Gasteiger partial charge in [-0.1, -0.05) is 13.8 Å². The molecule has 108 valence electrons. The van der Waals surface area contributed by atoms with Crippen molar-refractivity contribution in [1.29, 1.82) is 0 Å². The molecule has 19 heavy (non-hydrogen) atoms. The third-order valence-corrected chi connectivity index (χ3v) is 3.34. The molecule has 4 heteroatoms. The minimum atomic E-state index is -0.210. The minimum Gasteiger partial charge on any atom is -0.493 e. The number of thioether (sulfide) groups is 1. The molecule has 0 aliphatic rings. The Labute approximate surface area is 120 Å². The molecule has 0 aliphatic heterocycles. The summed E-state index contributed by atoms with van der Waals surface area (Å²) in [5, 5.41) is 3.32. The number of rotatable bonds is 9. The lowest BCUT2D eigenvalue weighted by Crippen LogP contribution is -2.19. The summed E-state index contributed by atoms with van der Waals surface area (Å²) in [4.78, 5) is 0. The number of halogens is 1. The van der Waals surface area contributed by atoms with Crippen molar-refractivity contribution in [1.82, 2.24) is 5.32 Å². The Morgan fingerprint density at radius 3 is 2.84 bits per heavy atom. The van der Waals surface area contributed by atoms with Crippen molar-refractivity contribution in [3.8, 4) is 5.75 Å². The van der Waals surface area contributed by atoms with E-state index in [2.05, 4.69) is 25.4 Å².